The van der Waals surface area contributed by atoms with Crippen molar-refractivity contribution in [2.24, 2.45) is 23.4 Å². The third kappa shape index (κ3) is 6.89. The lowest BCUT2D eigenvalue weighted by Gasteiger charge is -2.45. The summed E-state index contributed by atoms with van der Waals surface area (Å²) in [5.41, 5.74) is 16.3. The summed E-state index contributed by atoms with van der Waals surface area (Å²) < 4.78 is 1.87. The number of carbonyl (C=O) groups excluding carboxylic acids is 1. The summed E-state index contributed by atoms with van der Waals surface area (Å²) in [5, 5.41) is 13.7. The van der Waals surface area contributed by atoms with Crippen LogP contribution in [0.1, 0.15) is 83.9 Å². The molecule has 1 fully saturated rings. The number of aromatic nitrogens is 4. The molecule has 7 heteroatoms. The molecular weight excluding hydrogens is 520 g/mol. The minimum absolute atomic E-state index is 0.0185. The number of nitrogens with two attached hydrogens (primary N) is 1. The van der Waals surface area contributed by atoms with Crippen LogP contribution in [-0.4, -0.2) is 38.5 Å². The summed E-state index contributed by atoms with van der Waals surface area (Å²) in [6.07, 6.45) is 10.8. The smallest absolute Gasteiger partial charge is 0.152 e. The van der Waals surface area contributed by atoms with Gasteiger partial charge >= 0.3 is 0 Å². The fraction of sp³-hybridized carbons (Fsp3) is 0.429. The number of hydrogen-bond acceptors (Lipinski definition) is 5. The third-order valence-corrected chi connectivity index (χ3v) is 8.57. The highest BCUT2D eigenvalue weighted by Gasteiger charge is 2.38. The molecule has 2 heterocycles. The number of ketones is 1. The molecular formula is C35H48N6O. The van der Waals surface area contributed by atoms with Gasteiger partial charge in [0.05, 0.1) is 29.1 Å². The van der Waals surface area contributed by atoms with Gasteiger partial charge in [-0.05, 0) is 81.7 Å². The van der Waals surface area contributed by atoms with Gasteiger partial charge in [-0.3, -0.25) is 19.6 Å². The van der Waals surface area contributed by atoms with Gasteiger partial charge in [-0.15, -0.1) is 0 Å². The molecule has 0 saturated heterocycles. The fourth-order valence-corrected chi connectivity index (χ4v) is 6.06. The maximum Gasteiger partial charge on any atom is 0.152 e. The zero-order chi connectivity index (χ0) is 31.2. The van der Waals surface area contributed by atoms with Crippen LogP contribution in [0.5, 0.6) is 0 Å². The number of benzene rings is 2. The van der Waals surface area contributed by atoms with Gasteiger partial charge in [-0.2, -0.15) is 10.2 Å². The molecule has 42 heavy (non-hydrogen) atoms. The van der Waals surface area contributed by atoms with Crippen LogP contribution < -0.4 is 5.73 Å². The van der Waals surface area contributed by atoms with Crippen LogP contribution in [0.15, 0.2) is 59.9 Å². The largest absolute Gasteiger partial charge is 0.398 e. The van der Waals surface area contributed by atoms with Crippen molar-refractivity contribution in [3.05, 3.63) is 71.6 Å². The first kappa shape index (κ1) is 32.5. The zero-order valence-electron chi connectivity index (χ0n) is 26.9. The summed E-state index contributed by atoms with van der Waals surface area (Å²) in [7, 11) is 3.77. The van der Waals surface area contributed by atoms with Crippen LogP contribution in [-0.2, 0) is 11.8 Å². The number of nitrogen functional groups attached to an aromatic ring is 1. The van der Waals surface area contributed by atoms with E-state index in [1.54, 1.807) is 0 Å². The Labute approximate surface area is 251 Å². The molecule has 5 rings (SSSR count). The third-order valence-electron chi connectivity index (χ3n) is 8.57. The van der Waals surface area contributed by atoms with Crippen molar-refractivity contribution < 1.29 is 4.79 Å². The number of nitrogens with zero attached hydrogens (tertiary/aromatic N) is 4. The monoisotopic (exact) mass is 568 g/mol. The SMILES string of the molecule is C=CC(C)=O.CCC1(CC)CC(C)C1.CN=C(C(=C(C)C)c1c(N)c(C)cc2[nH]ncc12)c1ccc2c(cnn2C)c1. The highest BCUT2D eigenvalue weighted by molar-refractivity contribution is 6.35. The number of aromatic amines is 1. The summed E-state index contributed by atoms with van der Waals surface area (Å²) in [6, 6.07) is 8.34. The first-order valence-corrected chi connectivity index (χ1v) is 14.8. The number of nitrogens with one attached hydrogen (secondary N) is 1. The maximum absolute atomic E-state index is 9.69. The van der Waals surface area contributed by atoms with Gasteiger partial charge < -0.3 is 5.73 Å². The van der Waals surface area contributed by atoms with Crippen LogP contribution >= 0.6 is 0 Å². The zero-order valence-corrected chi connectivity index (χ0v) is 26.9. The van der Waals surface area contributed by atoms with Gasteiger partial charge in [0.25, 0.3) is 0 Å². The van der Waals surface area contributed by atoms with Crippen molar-refractivity contribution >= 4 is 44.6 Å². The number of H-pyrrole nitrogens is 1. The Morgan fingerprint density at radius 2 is 1.83 bits per heavy atom. The van der Waals surface area contributed by atoms with E-state index >= 15 is 0 Å². The minimum Gasteiger partial charge on any atom is -0.398 e. The molecule has 0 amide bonds. The minimum atomic E-state index is 0.0185. The van der Waals surface area contributed by atoms with Gasteiger partial charge in [-0.1, -0.05) is 51.8 Å². The van der Waals surface area contributed by atoms with E-state index in [0.717, 1.165) is 72.4 Å². The molecule has 1 saturated carbocycles. The van der Waals surface area contributed by atoms with Crippen molar-refractivity contribution in [3.63, 3.8) is 0 Å². The average molecular weight is 569 g/mol. The molecule has 1 aliphatic rings. The van der Waals surface area contributed by atoms with Crippen molar-refractivity contribution in [1.82, 2.24) is 20.0 Å². The van der Waals surface area contributed by atoms with Crippen LogP contribution in [0, 0.1) is 18.3 Å². The standard InChI is InChI=1S/C22H24N6.C9H18.C4H6O/c1-12(2)19(20-16-11-25-27-17(16)8-13(3)21(20)23)22(24-4)14-6-7-18-15(9-14)10-26-28(18)5;1-4-9(5-2)6-8(3)7-9;1-3-4(2)5/h6-11H,23H2,1-5H3,(H,25,27);8H,4-7H2,1-3H3;3H,1H2,2H3. The molecule has 0 bridgehead atoms. The highest BCUT2D eigenvalue weighted by atomic mass is 16.1. The lowest BCUT2D eigenvalue weighted by Crippen LogP contribution is -2.34. The van der Waals surface area contributed by atoms with E-state index in [-0.39, 0.29) is 5.78 Å². The fourth-order valence-electron chi connectivity index (χ4n) is 6.06. The summed E-state index contributed by atoms with van der Waals surface area (Å²) >= 11 is 0. The molecule has 1 aliphatic carbocycles. The first-order valence-electron chi connectivity index (χ1n) is 14.8. The Kier molecular flexibility index (Phi) is 10.7. The van der Waals surface area contributed by atoms with E-state index in [1.807, 2.05) is 44.2 Å². The molecule has 0 radical (unpaired) electrons. The van der Waals surface area contributed by atoms with Crippen molar-refractivity contribution in [2.45, 2.75) is 74.1 Å². The summed E-state index contributed by atoms with van der Waals surface area (Å²) in [6.45, 7) is 17.9. The van der Waals surface area contributed by atoms with E-state index in [9.17, 15) is 4.79 Å². The van der Waals surface area contributed by atoms with Crippen LogP contribution in [0.25, 0.3) is 27.4 Å². The normalized spacial score (nSPS) is 14.4. The number of hydrogen-bond donors (Lipinski definition) is 2. The Hall–Kier alpha value is -4.00. The average Bonchev–Trinajstić information content (AvgIpc) is 3.57. The predicted molar refractivity (Wildman–Crippen MR) is 179 cm³/mol. The number of carbonyl (C=O) groups is 1. The number of anilines is 1. The molecule has 0 aliphatic heterocycles. The number of aryl methyl sites for hydroxylation is 2. The summed E-state index contributed by atoms with van der Waals surface area (Å²) in [5.74, 6) is 1.04. The summed E-state index contributed by atoms with van der Waals surface area (Å²) in [4.78, 5) is 14.4. The molecule has 4 aromatic rings. The van der Waals surface area contributed by atoms with Crippen LogP contribution in [0.4, 0.5) is 5.69 Å². The van der Waals surface area contributed by atoms with Crippen LogP contribution in [0.2, 0.25) is 0 Å². The second-order valence-electron chi connectivity index (χ2n) is 11.8. The molecule has 2 aromatic heterocycles. The molecule has 0 unspecified atom stereocenters. The van der Waals surface area contributed by atoms with Gasteiger partial charge in [-0.25, -0.2) is 0 Å². The molecule has 224 valence electrons. The van der Waals surface area contributed by atoms with Gasteiger partial charge in [0.1, 0.15) is 0 Å². The van der Waals surface area contributed by atoms with E-state index in [1.165, 1.54) is 38.7 Å². The van der Waals surface area contributed by atoms with Crippen molar-refractivity contribution in [1.29, 1.82) is 0 Å². The topological polar surface area (TPSA) is 102 Å². The predicted octanol–water partition coefficient (Wildman–Crippen LogP) is 8.24. The van der Waals surface area contributed by atoms with Gasteiger partial charge in [0.2, 0.25) is 0 Å². The van der Waals surface area contributed by atoms with E-state index in [2.05, 4.69) is 79.7 Å². The first-order chi connectivity index (χ1) is 19.9. The molecule has 7 nitrogen and oxygen atoms in total. The van der Waals surface area contributed by atoms with Crippen molar-refractivity contribution in [2.75, 3.05) is 12.8 Å². The molecule has 3 N–H and O–H groups in total. The van der Waals surface area contributed by atoms with E-state index in [0.29, 0.717) is 0 Å². The second kappa shape index (κ2) is 13.8. The Balaban J connectivity index is 0.000000285. The number of rotatable bonds is 6. The Morgan fingerprint density at radius 3 is 2.33 bits per heavy atom. The maximum atomic E-state index is 9.69. The lowest BCUT2D eigenvalue weighted by molar-refractivity contribution is -0.112. The molecule has 2 aromatic carbocycles. The van der Waals surface area contributed by atoms with Crippen LogP contribution in [0.3, 0.4) is 0 Å². The number of allylic oxidation sites excluding steroid dienone is 3. The number of fused-ring (bicyclic) bond motifs is 2. The highest BCUT2D eigenvalue weighted by Crippen LogP contribution is 2.50. The lowest BCUT2D eigenvalue weighted by atomic mass is 9.60. The quantitative estimate of drug-likeness (QED) is 0.139. The molecule has 0 spiro atoms. The van der Waals surface area contributed by atoms with Crippen molar-refractivity contribution in [3.8, 4) is 0 Å². The Morgan fingerprint density at radius 1 is 1.19 bits per heavy atom. The van der Waals surface area contributed by atoms with E-state index < -0.39 is 0 Å². The van der Waals surface area contributed by atoms with Gasteiger partial charge in [0.15, 0.2) is 5.78 Å². The molecule has 0 atom stereocenters. The van der Waals surface area contributed by atoms with Gasteiger partial charge in [0, 0.05) is 47.3 Å². The van der Waals surface area contributed by atoms with E-state index in [4.69, 9.17) is 5.73 Å². The number of aliphatic imine (C=N–C) groups is 1. The Bertz CT molecular complexity index is 1620. The second-order valence-corrected chi connectivity index (χ2v) is 11.8.